The Hall–Kier alpha value is -2.22. The van der Waals surface area contributed by atoms with Crippen LogP contribution < -0.4 is 20.4 Å². The molecule has 0 bridgehead atoms. The molecule has 0 N–H and O–H groups in total. The summed E-state index contributed by atoms with van der Waals surface area (Å²) in [7, 11) is 0. The largest absolute Gasteiger partial charge is 4.00 e. The molecule has 0 fully saturated rings. The van der Waals surface area contributed by atoms with Crippen molar-refractivity contribution < 1.29 is 42.1 Å². The topological polar surface area (TPSA) is 108 Å². The molecule has 0 saturated carbocycles. The molecule has 0 radical (unpaired) electrons. The van der Waals surface area contributed by atoms with E-state index < -0.39 is 12.2 Å². The first-order valence-corrected chi connectivity index (χ1v) is 12.3. The van der Waals surface area contributed by atoms with Gasteiger partial charge in [0.15, 0.2) is 0 Å². The van der Waals surface area contributed by atoms with Crippen molar-refractivity contribution >= 4 is 0 Å². The van der Waals surface area contributed by atoms with E-state index in [-0.39, 0.29) is 33.2 Å². The summed E-state index contributed by atoms with van der Waals surface area (Å²) in [6.45, 7) is 15.7. The maximum absolute atomic E-state index is 12.6. The Balaban J connectivity index is 0.00000127. The van der Waals surface area contributed by atoms with Gasteiger partial charge in [-0.2, -0.15) is 0 Å². The monoisotopic (exact) mass is 540 g/mol. The van der Waals surface area contributed by atoms with Crippen LogP contribution in [0, 0.1) is 27.7 Å². The fourth-order valence-corrected chi connectivity index (χ4v) is 3.69. The second-order valence-electron chi connectivity index (χ2n) is 9.70. The Morgan fingerprint density at radius 2 is 1.11 bits per heavy atom. The summed E-state index contributed by atoms with van der Waals surface area (Å²) in [5.41, 5.74) is 6.07. The average Bonchev–Trinajstić information content (AvgIpc) is 2.75. The van der Waals surface area contributed by atoms with Gasteiger partial charge in [-0.15, -0.1) is 23.7 Å². The van der Waals surface area contributed by atoms with Gasteiger partial charge in [0.2, 0.25) is 0 Å². The van der Waals surface area contributed by atoms with E-state index in [1.807, 2.05) is 70.2 Å². The van der Waals surface area contributed by atoms with Gasteiger partial charge in [-0.25, -0.2) is 0 Å². The van der Waals surface area contributed by atoms with Crippen LogP contribution in [0.25, 0.3) is 0 Å². The predicted octanol–water partition coefficient (Wildman–Crippen LogP) is 3.17. The van der Waals surface area contributed by atoms with Gasteiger partial charge >= 0.3 is 21.7 Å². The summed E-state index contributed by atoms with van der Waals surface area (Å²) < 4.78 is 0. The van der Waals surface area contributed by atoms with Crippen LogP contribution in [-0.2, 0) is 41.4 Å². The van der Waals surface area contributed by atoms with Crippen LogP contribution in [0.5, 0.6) is 11.5 Å². The van der Waals surface area contributed by atoms with Gasteiger partial charge in [0.25, 0.3) is 0 Å². The fraction of sp³-hybridized carbons (Fsp3) is 0.433. The molecule has 1 heterocycles. The predicted molar refractivity (Wildman–Crippen MR) is 138 cm³/mol. The summed E-state index contributed by atoms with van der Waals surface area (Å²) in [5.74, 6) is 0.138. The van der Waals surface area contributed by atoms with Crippen molar-refractivity contribution in [3.63, 3.8) is 0 Å². The first-order chi connectivity index (χ1) is 16.8. The molecule has 7 heteroatoms. The zero-order chi connectivity index (χ0) is 27.4. The standard InChI is InChI=1S/C24H28N2O2.2C3H7O.Ti/c1-16-9-18(3)23(27)20(11-16)13-26(15-22-7-5-6-8-25-22)14-21-12-17(2)10-19(4)24(21)28;2*1-3(2)4;/h5-12,27-28H,13-15H2,1-4H3;2*3H,1-2H3;/q;2*-1;+4/p-2. The summed E-state index contributed by atoms with van der Waals surface area (Å²) >= 11 is 0. The third-order valence-corrected chi connectivity index (χ3v) is 4.89. The van der Waals surface area contributed by atoms with Crippen LogP contribution in [-0.4, -0.2) is 22.1 Å². The smallest absolute Gasteiger partial charge is 0.872 e. The normalized spacial score (nSPS) is 10.4. The van der Waals surface area contributed by atoms with Crippen molar-refractivity contribution in [2.24, 2.45) is 0 Å². The van der Waals surface area contributed by atoms with Gasteiger partial charge in [-0.3, -0.25) is 9.88 Å². The summed E-state index contributed by atoms with van der Waals surface area (Å²) in [4.78, 5) is 6.54. The number of pyridine rings is 1. The van der Waals surface area contributed by atoms with Crippen LogP contribution in [0.4, 0.5) is 0 Å². The zero-order valence-corrected chi connectivity index (χ0v) is 25.0. The number of hydrogen-bond acceptors (Lipinski definition) is 6. The average molecular weight is 541 g/mol. The van der Waals surface area contributed by atoms with Gasteiger partial charge in [-0.05, 0) is 51.0 Å². The summed E-state index contributed by atoms with van der Waals surface area (Å²) in [6, 6.07) is 13.5. The van der Waals surface area contributed by atoms with E-state index in [2.05, 4.69) is 9.88 Å². The molecule has 0 aliphatic heterocycles. The van der Waals surface area contributed by atoms with Crippen molar-refractivity contribution in [1.29, 1.82) is 0 Å². The van der Waals surface area contributed by atoms with E-state index >= 15 is 0 Å². The van der Waals surface area contributed by atoms with Crippen molar-refractivity contribution in [2.75, 3.05) is 0 Å². The van der Waals surface area contributed by atoms with Crippen LogP contribution in [0.1, 0.15) is 66.8 Å². The Morgan fingerprint density at radius 3 is 1.46 bits per heavy atom. The molecule has 6 nitrogen and oxygen atoms in total. The molecule has 198 valence electrons. The van der Waals surface area contributed by atoms with E-state index in [4.69, 9.17) is 0 Å². The molecule has 0 spiro atoms. The SMILES string of the molecule is CC(C)[O-].CC(C)[O-].Cc1cc(C)c([O-])c(CN(Cc2ccccn2)Cc2cc(C)cc(C)c2[O-])c1.[Ti+4]. The van der Waals surface area contributed by atoms with Crippen LogP contribution in [0.2, 0.25) is 0 Å². The Kier molecular flexibility index (Phi) is 16.3. The van der Waals surface area contributed by atoms with Crippen LogP contribution >= 0.6 is 0 Å². The molecule has 0 amide bonds. The van der Waals surface area contributed by atoms with Crippen LogP contribution in [0.15, 0.2) is 48.7 Å². The molecule has 0 aliphatic rings. The molecule has 0 atom stereocenters. The third-order valence-electron chi connectivity index (χ3n) is 4.89. The molecule has 2 aromatic carbocycles. The Labute approximate surface area is 237 Å². The van der Waals surface area contributed by atoms with Gasteiger partial charge in [0.05, 0.1) is 5.69 Å². The number of rotatable bonds is 6. The van der Waals surface area contributed by atoms with Crippen molar-refractivity contribution in [1.82, 2.24) is 9.88 Å². The molecular weight excluding hydrogens is 500 g/mol. The minimum atomic E-state index is -0.417. The number of benzene rings is 2. The first-order valence-electron chi connectivity index (χ1n) is 12.3. The number of aryl methyl sites for hydroxylation is 4. The van der Waals surface area contributed by atoms with Gasteiger partial charge < -0.3 is 20.4 Å². The number of aromatic nitrogens is 1. The second-order valence-corrected chi connectivity index (χ2v) is 9.70. The molecule has 3 rings (SSSR count). The quantitative estimate of drug-likeness (QED) is 0.445. The Morgan fingerprint density at radius 1 is 0.703 bits per heavy atom. The number of nitrogens with zero attached hydrogens (tertiary/aromatic N) is 2. The first kappa shape index (κ1) is 34.8. The van der Waals surface area contributed by atoms with E-state index in [0.717, 1.165) is 39.1 Å². The minimum absolute atomic E-state index is 0. The van der Waals surface area contributed by atoms with Crippen molar-refractivity contribution in [3.8, 4) is 11.5 Å². The molecule has 0 saturated heterocycles. The fourth-order valence-electron chi connectivity index (χ4n) is 3.69. The number of hydrogen-bond donors (Lipinski definition) is 0. The molecule has 3 aromatic rings. The molecule has 0 unspecified atom stereocenters. The molecule has 0 aliphatic carbocycles. The molecule has 1 aromatic heterocycles. The van der Waals surface area contributed by atoms with E-state index in [9.17, 15) is 20.4 Å². The summed E-state index contributed by atoms with van der Waals surface area (Å²) in [5, 5.41) is 44.3. The summed E-state index contributed by atoms with van der Waals surface area (Å²) in [6.07, 6.45) is 0.930. The van der Waals surface area contributed by atoms with Crippen molar-refractivity contribution in [3.05, 3.63) is 87.7 Å². The van der Waals surface area contributed by atoms with Gasteiger partial charge in [-0.1, -0.05) is 80.3 Å². The second kappa shape index (κ2) is 17.3. The van der Waals surface area contributed by atoms with Gasteiger partial charge in [0.1, 0.15) is 0 Å². The Bertz CT molecular complexity index is 1000. The zero-order valence-electron chi connectivity index (χ0n) is 23.4. The van der Waals surface area contributed by atoms with Crippen molar-refractivity contribution in [2.45, 2.75) is 87.2 Å². The van der Waals surface area contributed by atoms with E-state index in [1.165, 1.54) is 0 Å². The van der Waals surface area contributed by atoms with Gasteiger partial charge in [0, 0.05) is 25.8 Å². The van der Waals surface area contributed by atoms with E-state index in [0.29, 0.717) is 19.6 Å². The van der Waals surface area contributed by atoms with Crippen LogP contribution in [0.3, 0.4) is 0 Å². The maximum atomic E-state index is 12.6. The van der Waals surface area contributed by atoms with E-state index in [1.54, 1.807) is 33.9 Å². The third kappa shape index (κ3) is 13.8. The molecule has 37 heavy (non-hydrogen) atoms. The maximum Gasteiger partial charge on any atom is 4.00 e. The minimum Gasteiger partial charge on any atom is -0.872 e. The molecular formula is C30H40N2O4Ti.